The molecule has 0 bridgehead atoms. The van der Waals surface area contributed by atoms with Crippen LogP contribution in [0, 0.1) is 11.3 Å². The zero-order chi connectivity index (χ0) is 18.4. The minimum atomic E-state index is -4.81. The number of hydrogen-bond acceptors (Lipinski definition) is 5. The second kappa shape index (κ2) is 7.57. The lowest BCUT2D eigenvalue weighted by molar-refractivity contribution is -0.274. The van der Waals surface area contributed by atoms with E-state index in [4.69, 9.17) is 14.7 Å². The highest BCUT2D eigenvalue weighted by atomic mass is 19.4. The normalized spacial score (nSPS) is 10.7. The first-order valence-electron chi connectivity index (χ1n) is 7.07. The smallest absolute Gasteiger partial charge is 0.490 e. The van der Waals surface area contributed by atoms with Crippen molar-refractivity contribution in [2.24, 2.45) is 0 Å². The molecule has 0 aromatic heterocycles. The molecule has 0 N–H and O–H groups in total. The predicted molar refractivity (Wildman–Crippen MR) is 80.4 cm³/mol. The molecule has 130 valence electrons. The SMILES string of the molecule is CCOc1cc(C#N)ccc1OC(=O)c1ccc(OC(F)(F)F)cc1. The first kappa shape index (κ1) is 18.1. The van der Waals surface area contributed by atoms with Gasteiger partial charge in [0, 0.05) is 6.07 Å². The Morgan fingerprint density at radius 2 is 1.80 bits per heavy atom. The van der Waals surface area contributed by atoms with Gasteiger partial charge in [-0.1, -0.05) is 0 Å². The Bertz CT molecular complexity index is 795. The number of rotatable bonds is 5. The van der Waals surface area contributed by atoms with Crippen molar-refractivity contribution in [3.8, 4) is 23.3 Å². The van der Waals surface area contributed by atoms with Gasteiger partial charge in [0.15, 0.2) is 11.5 Å². The first-order valence-corrected chi connectivity index (χ1v) is 7.07. The lowest BCUT2D eigenvalue weighted by Gasteiger charge is -2.11. The summed E-state index contributed by atoms with van der Waals surface area (Å²) < 4.78 is 50.6. The predicted octanol–water partition coefficient (Wildman–Crippen LogP) is 4.07. The van der Waals surface area contributed by atoms with Gasteiger partial charge >= 0.3 is 12.3 Å². The summed E-state index contributed by atoms with van der Waals surface area (Å²) in [5.41, 5.74) is 0.359. The monoisotopic (exact) mass is 351 g/mol. The van der Waals surface area contributed by atoms with E-state index in [2.05, 4.69) is 4.74 Å². The number of nitriles is 1. The molecule has 0 amide bonds. The van der Waals surface area contributed by atoms with Crippen molar-refractivity contribution in [3.05, 3.63) is 53.6 Å². The van der Waals surface area contributed by atoms with Gasteiger partial charge in [-0.05, 0) is 43.3 Å². The van der Waals surface area contributed by atoms with E-state index in [-0.39, 0.29) is 17.1 Å². The fraction of sp³-hybridized carbons (Fsp3) is 0.176. The van der Waals surface area contributed by atoms with Crippen LogP contribution in [-0.4, -0.2) is 18.9 Å². The zero-order valence-corrected chi connectivity index (χ0v) is 13.0. The number of carbonyl (C=O) groups excluding carboxylic acids is 1. The van der Waals surface area contributed by atoms with E-state index in [1.165, 1.54) is 18.2 Å². The fourth-order valence-corrected chi connectivity index (χ4v) is 1.88. The number of benzene rings is 2. The van der Waals surface area contributed by atoms with Crippen LogP contribution in [-0.2, 0) is 0 Å². The van der Waals surface area contributed by atoms with E-state index in [1.54, 1.807) is 6.92 Å². The van der Waals surface area contributed by atoms with Crippen LogP contribution in [0.3, 0.4) is 0 Å². The van der Waals surface area contributed by atoms with Crippen LogP contribution < -0.4 is 14.2 Å². The lowest BCUT2D eigenvalue weighted by Crippen LogP contribution is -2.17. The van der Waals surface area contributed by atoms with Gasteiger partial charge in [0.2, 0.25) is 0 Å². The first-order chi connectivity index (χ1) is 11.8. The van der Waals surface area contributed by atoms with Gasteiger partial charge < -0.3 is 14.2 Å². The Kier molecular flexibility index (Phi) is 5.49. The number of alkyl halides is 3. The van der Waals surface area contributed by atoms with E-state index in [0.717, 1.165) is 24.3 Å². The average Bonchev–Trinajstić information content (AvgIpc) is 2.55. The van der Waals surface area contributed by atoms with E-state index >= 15 is 0 Å². The maximum atomic E-state index is 12.1. The molecule has 0 heterocycles. The highest BCUT2D eigenvalue weighted by Crippen LogP contribution is 2.29. The molecule has 0 atom stereocenters. The zero-order valence-electron chi connectivity index (χ0n) is 13.0. The molecule has 0 aliphatic rings. The highest BCUT2D eigenvalue weighted by Gasteiger charge is 2.31. The molecular formula is C17H12F3NO4. The van der Waals surface area contributed by atoms with Crippen LogP contribution in [0.2, 0.25) is 0 Å². The molecule has 0 saturated carbocycles. The van der Waals surface area contributed by atoms with Crippen LogP contribution in [0.25, 0.3) is 0 Å². The van der Waals surface area contributed by atoms with Gasteiger partial charge in [-0.2, -0.15) is 5.26 Å². The summed E-state index contributed by atoms with van der Waals surface area (Å²) in [7, 11) is 0. The number of halogens is 3. The van der Waals surface area contributed by atoms with E-state index in [9.17, 15) is 18.0 Å². The van der Waals surface area contributed by atoms with Gasteiger partial charge in [-0.15, -0.1) is 13.2 Å². The van der Waals surface area contributed by atoms with Crippen molar-refractivity contribution in [1.82, 2.24) is 0 Å². The van der Waals surface area contributed by atoms with Gasteiger partial charge in [0.05, 0.1) is 23.8 Å². The summed E-state index contributed by atoms with van der Waals surface area (Å²) in [5, 5.41) is 8.88. The fourth-order valence-electron chi connectivity index (χ4n) is 1.88. The minimum absolute atomic E-state index is 0.0290. The molecule has 25 heavy (non-hydrogen) atoms. The third-order valence-corrected chi connectivity index (χ3v) is 2.90. The Morgan fingerprint density at radius 3 is 2.36 bits per heavy atom. The van der Waals surface area contributed by atoms with Gasteiger partial charge in [-0.25, -0.2) is 4.79 Å². The third-order valence-electron chi connectivity index (χ3n) is 2.90. The summed E-state index contributed by atoms with van der Waals surface area (Å²) in [6.45, 7) is 2.02. The summed E-state index contributed by atoms with van der Waals surface area (Å²) >= 11 is 0. The van der Waals surface area contributed by atoms with Gasteiger partial charge in [-0.3, -0.25) is 0 Å². The number of nitrogens with zero attached hydrogens (tertiary/aromatic N) is 1. The van der Waals surface area contributed by atoms with Crippen molar-refractivity contribution in [2.45, 2.75) is 13.3 Å². The molecule has 5 nitrogen and oxygen atoms in total. The summed E-state index contributed by atoms with van der Waals surface area (Å²) in [6, 6.07) is 10.5. The minimum Gasteiger partial charge on any atom is -0.490 e. The van der Waals surface area contributed by atoms with Crippen LogP contribution >= 0.6 is 0 Å². The quantitative estimate of drug-likeness (QED) is 0.600. The van der Waals surface area contributed by atoms with Crippen LogP contribution in [0.15, 0.2) is 42.5 Å². The van der Waals surface area contributed by atoms with Crippen LogP contribution in [0.5, 0.6) is 17.2 Å². The average molecular weight is 351 g/mol. The maximum Gasteiger partial charge on any atom is 0.573 e. The van der Waals surface area contributed by atoms with E-state index < -0.39 is 18.1 Å². The lowest BCUT2D eigenvalue weighted by atomic mass is 10.2. The highest BCUT2D eigenvalue weighted by molar-refractivity contribution is 5.91. The van der Waals surface area contributed by atoms with Crippen molar-refractivity contribution >= 4 is 5.97 Å². The molecule has 0 aliphatic carbocycles. The molecule has 2 rings (SSSR count). The van der Waals surface area contributed by atoms with Crippen molar-refractivity contribution in [3.63, 3.8) is 0 Å². The Morgan fingerprint density at radius 1 is 1.12 bits per heavy atom. The largest absolute Gasteiger partial charge is 0.573 e. The van der Waals surface area contributed by atoms with Crippen molar-refractivity contribution in [1.29, 1.82) is 5.26 Å². The molecule has 8 heteroatoms. The molecule has 0 spiro atoms. The van der Waals surface area contributed by atoms with E-state index in [1.807, 2.05) is 6.07 Å². The van der Waals surface area contributed by atoms with Gasteiger partial charge in [0.1, 0.15) is 5.75 Å². The van der Waals surface area contributed by atoms with Crippen molar-refractivity contribution in [2.75, 3.05) is 6.61 Å². The van der Waals surface area contributed by atoms with Crippen LogP contribution in [0.4, 0.5) is 13.2 Å². The molecule has 0 aliphatic heterocycles. The van der Waals surface area contributed by atoms with Crippen LogP contribution in [0.1, 0.15) is 22.8 Å². The van der Waals surface area contributed by atoms with E-state index in [0.29, 0.717) is 12.2 Å². The van der Waals surface area contributed by atoms with Gasteiger partial charge in [0.25, 0.3) is 0 Å². The Labute approximate surface area is 141 Å². The number of carbonyl (C=O) groups is 1. The topological polar surface area (TPSA) is 68.5 Å². The molecular weight excluding hydrogens is 339 g/mol. The molecule has 0 fully saturated rings. The summed E-state index contributed by atoms with van der Waals surface area (Å²) in [6.07, 6.45) is -4.81. The molecule has 0 unspecified atom stereocenters. The standard InChI is InChI=1S/C17H12F3NO4/c1-2-23-15-9-11(10-21)3-8-14(15)24-16(22)12-4-6-13(7-5-12)25-17(18,19)20/h3-9H,2H2,1H3. The Balaban J connectivity index is 2.15. The number of hydrogen-bond donors (Lipinski definition) is 0. The Hall–Kier alpha value is -3.21. The number of ether oxygens (including phenoxy) is 3. The second-order valence-corrected chi connectivity index (χ2v) is 4.67. The second-order valence-electron chi connectivity index (χ2n) is 4.67. The number of esters is 1. The molecule has 0 saturated heterocycles. The summed E-state index contributed by atoms with van der Waals surface area (Å²) in [4.78, 5) is 12.1. The maximum absolute atomic E-state index is 12.1. The molecule has 0 radical (unpaired) electrons. The molecule has 2 aromatic rings. The third kappa shape index (κ3) is 5.14. The molecule has 2 aromatic carbocycles. The summed E-state index contributed by atoms with van der Waals surface area (Å²) in [5.74, 6) is -0.921. The van der Waals surface area contributed by atoms with Crippen molar-refractivity contribution < 1.29 is 32.2 Å².